The maximum Gasteiger partial charge on any atom is 0.401 e. The third kappa shape index (κ3) is 3.98. The minimum absolute atomic E-state index is 0.0527. The maximum atomic E-state index is 14.5. The Morgan fingerprint density at radius 2 is 1.83 bits per heavy atom. The molecule has 1 aliphatic carbocycles. The molecule has 0 N–H and O–H groups in total. The second-order valence-corrected chi connectivity index (χ2v) is 10.6. The fourth-order valence-corrected chi connectivity index (χ4v) is 6.15. The van der Waals surface area contributed by atoms with Crippen molar-refractivity contribution in [3.8, 4) is 5.69 Å². The number of halogens is 5. The third-order valence-corrected chi connectivity index (χ3v) is 7.72. The Kier molecular flexibility index (Phi) is 5.16. The molecule has 1 saturated carbocycles. The molecule has 0 amide bonds. The highest BCUT2D eigenvalue weighted by Crippen LogP contribution is 2.57. The normalized spacial score (nSPS) is 19.7. The van der Waals surface area contributed by atoms with E-state index in [2.05, 4.69) is 15.1 Å². The Hall–Kier alpha value is -2.65. The lowest BCUT2D eigenvalue weighted by molar-refractivity contribution is -0.148. The highest BCUT2D eigenvalue weighted by molar-refractivity contribution is 6.30. The quantitative estimate of drug-likeness (QED) is 0.432. The predicted molar refractivity (Wildman–Crippen MR) is 124 cm³/mol. The highest BCUT2D eigenvalue weighted by Gasteiger charge is 2.54. The van der Waals surface area contributed by atoms with Gasteiger partial charge < -0.3 is 4.90 Å². The van der Waals surface area contributed by atoms with Crippen molar-refractivity contribution in [1.82, 2.24) is 19.7 Å². The molecule has 35 heavy (non-hydrogen) atoms. The number of aryl methyl sites for hydroxylation is 1. The summed E-state index contributed by atoms with van der Waals surface area (Å²) in [6.45, 7) is 2.50. The van der Waals surface area contributed by atoms with Crippen molar-refractivity contribution in [2.45, 2.75) is 44.9 Å². The number of alkyl halides is 3. The molecule has 1 spiro atoms. The van der Waals surface area contributed by atoms with Crippen molar-refractivity contribution >= 4 is 17.3 Å². The smallest absolute Gasteiger partial charge is 0.368 e. The number of rotatable bonds is 3. The first kappa shape index (κ1) is 22.8. The van der Waals surface area contributed by atoms with E-state index in [0.29, 0.717) is 22.1 Å². The lowest BCUT2D eigenvalue weighted by Gasteiger charge is -2.59. The zero-order valence-corrected chi connectivity index (χ0v) is 19.9. The van der Waals surface area contributed by atoms with Gasteiger partial charge in [-0.1, -0.05) is 23.7 Å². The van der Waals surface area contributed by atoms with Gasteiger partial charge in [-0.15, -0.1) is 10.2 Å². The molecule has 0 unspecified atom stereocenters. The molecular formula is C25H24ClF4N5. The summed E-state index contributed by atoms with van der Waals surface area (Å²) >= 11 is 6.19. The SMILES string of the molecule is Cc1cccc(N2CC3(CC(c4nnc5n4-c4ccc(Cl)cc4CN(CC(F)(F)F)C5)C3)C2)c1F. The van der Waals surface area contributed by atoms with Gasteiger partial charge in [-0.2, -0.15) is 13.2 Å². The van der Waals surface area contributed by atoms with Crippen LogP contribution in [-0.4, -0.2) is 45.5 Å². The summed E-state index contributed by atoms with van der Waals surface area (Å²) in [4.78, 5) is 3.41. The van der Waals surface area contributed by atoms with Gasteiger partial charge in [-0.05, 0) is 55.2 Å². The Labute approximate surface area is 205 Å². The Balaban J connectivity index is 1.24. The fourth-order valence-electron chi connectivity index (χ4n) is 5.96. The van der Waals surface area contributed by atoms with Crippen molar-refractivity contribution in [3.05, 3.63) is 70.0 Å². The lowest BCUT2D eigenvalue weighted by Crippen LogP contribution is -2.62. The number of aromatic nitrogens is 3. The summed E-state index contributed by atoms with van der Waals surface area (Å²) in [6.07, 6.45) is -2.53. The third-order valence-electron chi connectivity index (χ3n) is 7.49. The van der Waals surface area contributed by atoms with Crippen molar-refractivity contribution in [2.24, 2.45) is 5.41 Å². The largest absolute Gasteiger partial charge is 0.401 e. The van der Waals surface area contributed by atoms with E-state index in [4.69, 9.17) is 11.6 Å². The summed E-state index contributed by atoms with van der Waals surface area (Å²) in [6, 6.07) is 10.8. The number of hydrogen-bond donors (Lipinski definition) is 0. The van der Waals surface area contributed by atoms with Crippen LogP contribution in [0, 0.1) is 18.2 Å². The molecule has 1 saturated heterocycles. The molecule has 10 heteroatoms. The molecule has 3 heterocycles. The van der Waals surface area contributed by atoms with Crippen molar-refractivity contribution in [2.75, 3.05) is 24.5 Å². The Morgan fingerprint density at radius 3 is 2.57 bits per heavy atom. The first-order valence-corrected chi connectivity index (χ1v) is 12.0. The molecular weight excluding hydrogens is 482 g/mol. The standard InChI is InChI=1S/C25H24ClF4N5/c1-15-3-2-4-20(22(15)27)34-12-24(13-34)8-17(9-24)23-32-31-21-11-33(14-25(28,29)30)10-16-7-18(26)5-6-19(16)35(21)23/h2-7,17H,8-14H2,1H3. The molecule has 5 nitrogen and oxygen atoms in total. The van der Waals surface area contributed by atoms with Gasteiger partial charge in [0, 0.05) is 36.0 Å². The van der Waals surface area contributed by atoms with Crippen molar-refractivity contribution < 1.29 is 17.6 Å². The van der Waals surface area contributed by atoms with E-state index in [1.807, 2.05) is 22.8 Å². The number of fused-ring (bicyclic) bond motifs is 3. The zero-order valence-electron chi connectivity index (χ0n) is 19.1. The van der Waals surface area contributed by atoms with Crippen LogP contribution in [0.5, 0.6) is 0 Å². The van der Waals surface area contributed by atoms with Gasteiger partial charge in [-0.25, -0.2) is 4.39 Å². The molecule has 2 fully saturated rings. The van der Waals surface area contributed by atoms with E-state index in [9.17, 15) is 17.6 Å². The number of hydrogen-bond acceptors (Lipinski definition) is 4. The molecule has 184 valence electrons. The Bertz CT molecular complexity index is 1290. The highest BCUT2D eigenvalue weighted by atomic mass is 35.5. The summed E-state index contributed by atoms with van der Waals surface area (Å²) in [5.41, 5.74) is 2.90. The second-order valence-electron chi connectivity index (χ2n) is 10.2. The molecule has 3 aliphatic rings. The minimum Gasteiger partial charge on any atom is -0.368 e. The van der Waals surface area contributed by atoms with Crippen LogP contribution in [0.25, 0.3) is 5.69 Å². The molecule has 0 radical (unpaired) electrons. The molecule has 1 aromatic heterocycles. The van der Waals surface area contributed by atoms with E-state index >= 15 is 0 Å². The van der Waals surface area contributed by atoms with Crippen LogP contribution in [0.3, 0.4) is 0 Å². The summed E-state index contributed by atoms with van der Waals surface area (Å²) in [5.74, 6) is 1.27. The average Bonchev–Trinajstić information content (AvgIpc) is 3.04. The van der Waals surface area contributed by atoms with Crippen LogP contribution in [-0.2, 0) is 13.1 Å². The van der Waals surface area contributed by atoms with Crippen LogP contribution in [0.15, 0.2) is 36.4 Å². The van der Waals surface area contributed by atoms with E-state index in [1.54, 1.807) is 25.1 Å². The molecule has 0 bridgehead atoms. The van der Waals surface area contributed by atoms with E-state index in [-0.39, 0.29) is 30.2 Å². The maximum absolute atomic E-state index is 14.5. The monoisotopic (exact) mass is 505 g/mol. The summed E-state index contributed by atoms with van der Waals surface area (Å²) in [7, 11) is 0. The molecule has 2 aromatic carbocycles. The summed E-state index contributed by atoms with van der Waals surface area (Å²) < 4.78 is 56.0. The van der Waals surface area contributed by atoms with Gasteiger partial charge in [-0.3, -0.25) is 9.47 Å². The first-order valence-electron chi connectivity index (χ1n) is 11.6. The first-order chi connectivity index (χ1) is 16.6. The number of nitrogens with zero attached hydrogens (tertiary/aromatic N) is 5. The summed E-state index contributed by atoms with van der Waals surface area (Å²) in [5, 5.41) is 9.23. The number of anilines is 1. The van der Waals surface area contributed by atoms with E-state index < -0.39 is 12.7 Å². The van der Waals surface area contributed by atoms with Crippen LogP contribution in [0.2, 0.25) is 5.02 Å². The van der Waals surface area contributed by atoms with Gasteiger partial charge in [0.2, 0.25) is 0 Å². The topological polar surface area (TPSA) is 37.2 Å². The van der Waals surface area contributed by atoms with Gasteiger partial charge >= 0.3 is 6.18 Å². The predicted octanol–water partition coefficient (Wildman–Crippen LogP) is 5.63. The average molecular weight is 506 g/mol. The van der Waals surface area contributed by atoms with Gasteiger partial charge in [0.1, 0.15) is 11.6 Å². The number of benzene rings is 2. The van der Waals surface area contributed by atoms with Crippen LogP contribution < -0.4 is 4.90 Å². The molecule has 3 aromatic rings. The van der Waals surface area contributed by atoms with Crippen LogP contribution in [0.1, 0.15) is 41.5 Å². The van der Waals surface area contributed by atoms with Crippen molar-refractivity contribution in [3.63, 3.8) is 0 Å². The Morgan fingerprint density at radius 1 is 1.06 bits per heavy atom. The molecule has 2 aliphatic heterocycles. The van der Waals surface area contributed by atoms with Crippen LogP contribution in [0.4, 0.5) is 23.2 Å². The zero-order chi connectivity index (χ0) is 24.5. The van der Waals surface area contributed by atoms with Gasteiger partial charge in [0.05, 0.1) is 24.5 Å². The van der Waals surface area contributed by atoms with Crippen LogP contribution >= 0.6 is 11.6 Å². The van der Waals surface area contributed by atoms with Crippen molar-refractivity contribution in [1.29, 1.82) is 0 Å². The van der Waals surface area contributed by atoms with E-state index in [0.717, 1.165) is 43.0 Å². The second kappa shape index (κ2) is 7.93. The fraction of sp³-hybridized carbons (Fsp3) is 0.440. The van der Waals surface area contributed by atoms with Gasteiger partial charge in [0.25, 0.3) is 0 Å². The van der Waals surface area contributed by atoms with Gasteiger partial charge in [0.15, 0.2) is 5.82 Å². The minimum atomic E-state index is -4.32. The molecule has 0 atom stereocenters. The molecule has 6 rings (SSSR count). The lowest BCUT2D eigenvalue weighted by atomic mass is 9.57. The van der Waals surface area contributed by atoms with E-state index in [1.165, 1.54) is 4.90 Å².